The molecular formula is C7H10BrN3OS. The van der Waals surface area contributed by atoms with Crippen molar-refractivity contribution in [3.8, 4) is 0 Å². The molecule has 0 saturated heterocycles. The van der Waals surface area contributed by atoms with Crippen LogP contribution in [0.1, 0.15) is 0 Å². The molecule has 0 aliphatic carbocycles. The number of halogens is 1. The highest BCUT2D eigenvalue weighted by Crippen LogP contribution is 2.12. The molecule has 13 heavy (non-hydrogen) atoms. The van der Waals surface area contributed by atoms with E-state index in [4.69, 9.17) is 0 Å². The number of thioether (sulfide) groups is 1. The molecule has 0 saturated carbocycles. The van der Waals surface area contributed by atoms with E-state index in [0.717, 1.165) is 12.3 Å². The molecule has 4 nitrogen and oxygen atoms in total. The third kappa shape index (κ3) is 3.04. The number of aromatic amines is 1. The van der Waals surface area contributed by atoms with Gasteiger partial charge in [0.1, 0.15) is 10.3 Å². The first-order valence-corrected chi connectivity index (χ1v) is 5.90. The Balaban J connectivity index is 2.66. The lowest BCUT2D eigenvalue weighted by molar-refractivity contribution is 1.07. The zero-order valence-electron chi connectivity index (χ0n) is 7.13. The van der Waals surface area contributed by atoms with Crippen LogP contribution >= 0.6 is 27.7 Å². The fourth-order valence-electron chi connectivity index (χ4n) is 0.778. The molecule has 0 spiro atoms. The molecule has 0 aliphatic rings. The van der Waals surface area contributed by atoms with Crippen LogP contribution in [-0.2, 0) is 0 Å². The number of anilines is 1. The molecule has 0 amide bonds. The van der Waals surface area contributed by atoms with Gasteiger partial charge in [-0.3, -0.25) is 4.79 Å². The number of hydrogen-bond acceptors (Lipinski definition) is 4. The van der Waals surface area contributed by atoms with Gasteiger partial charge in [-0.15, -0.1) is 0 Å². The topological polar surface area (TPSA) is 57.8 Å². The lowest BCUT2D eigenvalue weighted by atomic mass is 10.5. The molecule has 1 aromatic rings. The summed E-state index contributed by atoms with van der Waals surface area (Å²) in [6.07, 6.45) is 3.41. The van der Waals surface area contributed by atoms with Crippen molar-refractivity contribution in [2.24, 2.45) is 0 Å². The summed E-state index contributed by atoms with van der Waals surface area (Å²) in [7, 11) is 0. The second-order valence-corrected chi connectivity index (χ2v) is 4.09. The summed E-state index contributed by atoms with van der Waals surface area (Å²) in [5.41, 5.74) is -0.165. The maximum absolute atomic E-state index is 11.1. The summed E-state index contributed by atoms with van der Waals surface area (Å²) in [5.74, 6) is 1.58. The van der Waals surface area contributed by atoms with E-state index in [1.54, 1.807) is 11.8 Å². The molecular weight excluding hydrogens is 254 g/mol. The summed E-state index contributed by atoms with van der Waals surface area (Å²) < 4.78 is 0.455. The van der Waals surface area contributed by atoms with Crippen molar-refractivity contribution in [2.45, 2.75) is 0 Å². The molecule has 0 atom stereocenters. The highest BCUT2D eigenvalue weighted by atomic mass is 79.9. The van der Waals surface area contributed by atoms with Crippen LogP contribution in [0.15, 0.2) is 15.6 Å². The molecule has 0 aromatic carbocycles. The predicted molar refractivity (Wildman–Crippen MR) is 59.4 cm³/mol. The van der Waals surface area contributed by atoms with E-state index in [9.17, 15) is 4.79 Å². The van der Waals surface area contributed by atoms with Gasteiger partial charge in [-0.2, -0.15) is 11.8 Å². The Labute approximate surface area is 88.7 Å². The van der Waals surface area contributed by atoms with Gasteiger partial charge in [-0.25, -0.2) is 4.98 Å². The van der Waals surface area contributed by atoms with Gasteiger partial charge in [-0.1, -0.05) is 0 Å². The van der Waals surface area contributed by atoms with E-state index in [2.05, 4.69) is 31.2 Å². The number of aromatic nitrogens is 2. The van der Waals surface area contributed by atoms with E-state index in [0.29, 0.717) is 10.3 Å². The Bertz CT molecular complexity index is 328. The van der Waals surface area contributed by atoms with Crippen molar-refractivity contribution in [1.82, 2.24) is 9.97 Å². The normalized spacial score (nSPS) is 10.0. The SMILES string of the molecule is CSCCNc1nc[nH]c(=O)c1Br. The highest BCUT2D eigenvalue weighted by Gasteiger charge is 2.02. The predicted octanol–water partition coefficient (Wildman–Crippen LogP) is 1.31. The number of hydrogen-bond donors (Lipinski definition) is 2. The lowest BCUT2D eigenvalue weighted by Crippen LogP contribution is -2.13. The third-order valence-electron chi connectivity index (χ3n) is 1.40. The first-order valence-electron chi connectivity index (χ1n) is 3.71. The molecule has 2 N–H and O–H groups in total. The van der Waals surface area contributed by atoms with Crippen LogP contribution < -0.4 is 10.9 Å². The molecule has 0 unspecified atom stereocenters. The van der Waals surface area contributed by atoms with Gasteiger partial charge < -0.3 is 10.3 Å². The van der Waals surface area contributed by atoms with E-state index < -0.39 is 0 Å². The average Bonchev–Trinajstić information content (AvgIpc) is 2.13. The minimum absolute atomic E-state index is 0.165. The van der Waals surface area contributed by atoms with Gasteiger partial charge in [0.05, 0.1) is 6.33 Å². The fourth-order valence-corrected chi connectivity index (χ4v) is 1.44. The van der Waals surface area contributed by atoms with E-state index >= 15 is 0 Å². The Morgan fingerprint density at radius 3 is 3.23 bits per heavy atom. The zero-order valence-corrected chi connectivity index (χ0v) is 9.54. The van der Waals surface area contributed by atoms with Gasteiger partial charge in [0.2, 0.25) is 0 Å². The number of H-pyrrole nitrogens is 1. The summed E-state index contributed by atoms with van der Waals surface area (Å²) in [4.78, 5) is 17.5. The lowest BCUT2D eigenvalue weighted by Gasteiger charge is -2.04. The van der Waals surface area contributed by atoms with E-state index in [-0.39, 0.29) is 5.56 Å². The standard InChI is InChI=1S/C7H10BrN3OS/c1-13-3-2-9-6-5(8)7(12)11-4-10-6/h4H,2-3H2,1H3,(H2,9,10,11,12). The maximum atomic E-state index is 11.1. The summed E-state index contributed by atoms with van der Waals surface area (Å²) >= 11 is 4.90. The van der Waals surface area contributed by atoms with Gasteiger partial charge >= 0.3 is 0 Å². The minimum atomic E-state index is -0.165. The first-order chi connectivity index (χ1) is 6.25. The Hall–Kier alpha value is -0.490. The van der Waals surface area contributed by atoms with Crippen LogP contribution in [0.2, 0.25) is 0 Å². The first kappa shape index (κ1) is 10.6. The Morgan fingerprint density at radius 2 is 2.54 bits per heavy atom. The van der Waals surface area contributed by atoms with Crippen molar-refractivity contribution in [1.29, 1.82) is 0 Å². The third-order valence-corrected chi connectivity index (χ3v) is 2.74. The van der Waals surface area contributed by atoms with Crippen LogP contribution in [0.4, 0.5) is 5.82 Å². The quantitative estimate of drug-likeness (QED) is 0.805. The van der Waals surface area contributed by atoms with Gasteiger partial charge in [0, 0.05) is 12.3 Å². The average molecular weight is 264 g/mol. The van der Waals surface area contributed by atoms with Gasteiger partial charge in [-0.05, 0) is 22.2 Å². The van der Waals surface area contributed by atoms with Crippen molar-refractivity contribution in [2.75, 3.05) is 23.9 Å². The van der Waals surface area contributed by atoms with Crippen molar-refractivity contribution < 1.29 is 0 Å². The number of nitrogens with zero attached hydrogens (tertiary/aromatic N) is 1. The number of rotatable bonds is 4. The van der Waals surface area contributed by atoms with Gasteiger partial charge in [0.15, 0.2) is 0 Å². The van der Waals surface area contributed by atoms with E-state index in [1.165, 1.54) is 6.33 Å². The van der Waals surface area contributed by atoms with Crippen LogP contribution in [0.3, 0.4) is 0 Å². The summed E-state index contributed by atoms with van der Waals surface area (Å²) in [6.45, 7) is 0.802. The largest absolute Gasteiger partial charge is 0.368 e. The molecule has 0 fully saturated rings. The second-order valence-electron chi connectivity index (χ2n) is 2.31. The Kier molecular flexibility index (Phi) is 4.31. The second kappa shape index (κ2) is 5.29. The maximum Gasteiger partial charge on any atom is 0.267 e. The molecule has 1 heterocycles. The zero-order chi connectivity index (χ0) is 9.68. The molecule has 0 aliphatic heterocycles. The van der Waals surface area contributed by atoms with E-state index in [1.807, 2.05) is 6.26 Å². The monoisotopic (exact) mass is 263 g/mol. The van der Waals surface area contributed by atoms with Gasteiger partial charge in [0.25, 0.3) is 5.56 Å². The summed E-state index contributed by atoms with van der Waals surface area (Å²) in [5, 5.41) is 3.06. The molecule has 0 radical (unpaired) electrons. The molecule has 1 aromatic heterocycles. The molecule has 6 heteroatoms. The molecule has 72 valence electrons. The molecule has 1 rings (SSSR count). The fraction of sp³-hybridized carbons (Fsp3) is 0.429. The number of nitrogens with one attached hydrogen (secondary N) is 2. The smallest absolute Gasteiger partial charge is 0.267 e. The van der Waals surface area contributed by atoms with Crippen LogP contribution in [0, 0.1) is 0 Å². The van der Waals surface area contributed by atoms with Crippen molar-refractivity contribution >= 4 is 33.5 Å². The van der Waals surface area contributed by atoms with Crippen molar-refractivity contribution in [3.05, 3.63) is 21.2 Å². The highest BCUT2D eigenvalue weighted by molar-refractivity contribution is 9.10. The molecule has 0 bridgehead atoms. The van der Waals surface area contributed by atoms with Crippen LogP contribution in [0.25, 0.3) is 0 Å². The van der Waals surface area contributed by atoms with Crippen LogP contribution in [-0.4, -0.2) is 28.5 Å². The Morgan fingerprint density at radius 1 is 1.77 bits per heavy atom. The minimum Gasteiger partial charge on any atom is -0.368 e. The summed E-state index contributed by atoms with van der Waals surface area (Å²) in [6, 6.07) is 0. The van der Waals surface area contributed by atoms with Crippen LogP contribution in [0.5, 0.6) is 0 Å². The van der Waals surface area contributed by atoms with Crippen molar-refractivity contribution in [3.63, 3.8) is 0 Å².